The third-order valence-corrected chi connectivity index (χ3v) is 9.66. The van der Waals surface area contributed by atoms with Crippen LogP contribution < -0.4 is 16.4 Å². The van der Waals surface area contributed by atoms with E-state index in [4.69, 9.17) is 28.9 Å². The highest BCUT2D eigenvalue weighted by molar-refractivity contribution is 6.31. The molecule has 1 spiro atoms. The fourth-order valence-corrected chi connectivity index (χ4v) is 7.79. The summed E-state index contributed by atoms with van der Waals surface area (Å²) < 4.78 is 15.1. The number of likely N-dealkylation sites (tertiary alicyclic amines) is 1. The molecule has 3 aliphatic heterocycles. The lowest BCUT2D eigenvalue weighted by atomic mass is 9.57. The number of amides is 3. The van der Waals surface area contributed by atoms with Gasteiger partial charge in [0.25, 0.3) is 0 Å². The van der Waals surface area contributed by atoms with Crippen LogP contribution in [0.1, 0.15) is 53.5 Å². The standard InChI is InChI=1S/C32H31Cl2FN4O3/c1-17-5-7-22(35)15-23(17)29-32(24-8-6-21(34)14-26(24)38-31(32)42)25(19-3-2-4-20(33)13-19)16-27(40)39(29)28(30(36)41)18-9-11-37-12-10-18/h2-8,13-15,18,25,28-29,37H,9-12,16H2,1H3,(H2,36,41)(H,38,42)/t25-,28?,29+,32-/m1/s1. The van der Waals surface area contributed by atoms with Crippen molar-refractivity contribution in [2.45, 2.75) is 49.6 Å². The van der Waals surface area contributed by atoms with E-state index in [-0.39, 0.29) is 24.2 Å². The van der Waals surface area contributed by atoms with Gasteiger partial charge in [-0.2, -0.15) is 0 Å². The molecular formula is C32H31Cl2FN4O3. The van der Waals surface area contributed by atoms with Crippen molar-refractivity contribution in [3.63, 3.8) is 0 Å². The summed E-state index contributed by atoms with van der Waals surface area (Å²) in [4.78, 5) is 44.0. The van der Waals surface area contributed by atoms with Crippen LogP contribution in [0.15, 0.2) is 60.7 Å². The number of nitrogens with zero attached hydrogens (tertiary/aromatic N) is 1. The molecule has 2 fully saturated rings. The van der Waals surface area contributed by atoms with Crippen molar-refractivity contribution in [1.29, 1.82) is 0 Å². The molecule has 0 aliphatic carbocycles. The van der Waals surface area contributed by atoms with E-state index < -0.39 is 35.1 Å². The normalized spacial score (nSPS) is 24.9. The predicted octanol–water partition coefficient (Wildman–Crippen LogP) is 5.24. The molecule has 2 saturated heterocycles. The molecular weight excluding hydrogens is 578 g/mol. The molecule has 6 rings (SSSR count). The molecule has 0 radical (unpaired) electrons. The van der Waals surface area contributed by atoms with Crippen molar-refractivity contribution in [2.24, 2.45) is 11.7 Å². The van der Waals surface area contributed by atoms with Gasteiger partial charge in [0.2, 0.25) is 17.7 Å². The first kappa shape index (κ1) is 28.6. The summed E-state index contributed by atoms with van der Waals surface area (Å²) in [6.45, 7) is 3.14. The van der Waals surface area contributed by atoms with E-state index in [1.54, 1.807) is 42.5 Å². The highest BCUT2D eigenvalue weighted by Gasteiger charge is 2.65. The zero-order chi connectivity index (χ0) is 29.8. The molecule has 3 aromatic rings. The molecule has 3 aromatic carbocycles. The topological polar surface area (TPSA) is 105 Å². The van der Waals surface area contributed by atoms with Crippen LogP contribution >= 0.6 is 23.2 Å². The van der Waals surface area contributed by atoms with Gasteiger partial charge in [0.1, 0.15) is 17.3 Å². The second-order valence-electron chi connectivity index (χ2n) is 11.5. The van der Waals surface area contributed by atoms with E-state index in [0.29, 0.717) is 63.9 Å². The van der Waals surface area contributed by atoms with Crippen LogP contribution in [0, 0.1) is 18.7 Å². The minimum absolute atomic E-state index is 0.0879. The molecule has 4 N–H and O–H groups in total. The average Bonchev–Trinajstić information content (AvgIpc) is 3.23. The van der Waals surface area contributed by atoms with Crippen molar-refractivity contribution < 1.29 is 18.8 Å². The van der Waals surface area contributed by atoms with E-state index >= 15 is 4.39 Å². The van der Waals surface area contributed by atoms with Crippen LogP contribution in [0.5, 0.6) is 0 Å². The number of anilines is 1. The molecule has 7 nitrogen and oxygen atoms in total. The first-order valence-corrected chi connectivity index (χ1v) is 14.8. The number of fused-ring (bicyclic) bond motifs is 2. The molecule has 10 heteroatoms. The molecule has 42 heavy (non-hydrogen) atoms. The first-order chi connectivity index (χ1) is 20.1. The number of benzene rings is 3. The maximum Gasteiger partial charge on any atom is 0.240 e. The van der Waals surface area contributed by atoms with E-state index in [1.165, 1.54) is 17.0 Å². The minimum atomic E-state index is -1.46. The van der Waals surface area contributed by atoms with Crippen LogP contribution in [0.4, 0.5) is 10.1 Å². The Morgan fingerprint density at radius 3 is 2.50 bits per heavy atom. The second kappa shape index (κ2) is 11.0. The lowest BCUT2D eigenvalue weighted by molar-refractivity contribution is -0.156. The molecule has 0 saturated carbocycles. The van der Waals surface area contributed by atoms with Gasteiger partial charge in [0, 0.05) is 28.1 Å². The molecule has 0 aromatic heterocycles. The SMILES string of the molecule is Cc1ccc(F)cc1[C@@H]1N(C(C(N)=O)C2CCNCC2)C(=O)C[C@H](c2cccc(Cl)c2)[C@@]12C(=O)Nc1cc(Cl)ccc12. The number of nitrogens with one attached hydrogen (secondary N) is 2. The van der Waals surface area contributed by atoms with Gasteiger partial charge in [-0.25, -0.2) is 4.39 Å². The highest BCUT2D eigenvalue weighted by Crippen LogP contribution is 2.61. The first-order valence-electron chi connectivity index (χ1n) is 14.1. The van der Waals surface area contributed by atoms with E-state index in [1.807, 2.05) is 13.0 Å². The maximum absolute atomic E-state index is 15.1. The number of carbonyl (C=O) groups is 3. The number of rotatable bonds is 5. The summed E-state index contributed by atoms with van der Waals surface area (Å²) in [5.74, 6) is -2.81. The third-order valence-electron chi connectivity index (χ3n) is 9.19. The number of halogens is 3. The zero-order valence-corrected chi connectivity index (χ0v) is 24.5. The fraction of sp³-hybridized carbons (Fsp3) is 0.344. The van der Waals surface area contributed by atoms with E-state index in [9.17, 15) is 14.4 Å². The lowest BCUT2D eigenvalue weighted by Gasteiger charge is -2.54. The fourth-order valence-electron chi connectivity index (χ4n) is 7.42. The molecule has 3 aliphatic rings. The Morgan fingerprint density at radius 1 is 1.05 bits per heavy atom. The molecule has 4 atom stereocenters. The van der Waals surface area contributed by atoms with E-state index in [0.717, 1.165) is 0 Å². The van der Waals surface area contributed by atoms with E-state index in [2.05, 4.69) is 10.6 Å². The van der Waals surface area contributed by atoms with Crippen LogP contribution in [-0.2, 0) is 19.8 Å². The predicted molar refractivity (Wildman–Crippen MR) is 160 cm³/mol. The van der Waals surface area contributed by atoms with Crippen molar-refractivity contribution >= 4 is 46.6 Å². The molecule has 1 unspecified atom stereocenters. The van der Waals surface area contributed by atoms with Crippen molar-refractivity contribution in [1.82, 2.24) is 10.2 Å². The van der Waals surface area contributed by atoms with Gasteiger partial charge in [0.15, 0.2) is 0 Å². The number of piperidine rings is 2. The summed E-state index contributed by atoms with van der Waals surface area (Å²) in [6, 6.07) is 14.5. The van der Waals surface area contributed by atoms with Gasteiger partial charge < -0.3 is 21.3 Å². The lowest BCUT2D eigenvalue weighted by Crippen LogP contribution is -2.64. The summed E-state index contributed by atoms with van der Waals surface area (Å²) in [6.07, 6.45) is 1.15. The van der Waals surface area contributed by atoms with Crippen molar-refractivity contribution in [2.75, 3.05) is 18.4 Å². The second-order valence-corrected chi connectivity index (χ2v) is 12.3. The van der Waals surface area contributed by atoms with Crippen LogP contribution in [0.25, 0.3) is 0 Å². The number of hydrogen-bond acceptors (Lipinski definition) is 4. The van der Waals surface area contributed by atoms with Gasteiger partial charge in [-0.3, -0.25) is 14.4 Å². The summed E-state index contributed by atoms with van der Waals surface area (Å²) in [5, 5.41) is 7.19. The summed E-state index contributed by atoms with van der Waals surface area (Å²) >= 11 is 12.8. The van der Waals surface area contributed by atoms with Crippen LogP contribution in [-0.4, -0.2) is 41.8 Å². The Bertz CT molecular complexity index is 1590. The largest absolute Gasteiger partial charge is 0.368 e. The van der Waals surface area contributed by atoms with Crippen LogP contribution in [0.2, 0.25) is 10.0 Å². The summed E-state index contributed by atoms with van der Waals surface area (Å²) in [5.41, 5.74) is 7.56. The van der Waals surface area contributed by atoms with Crippen LogP contribution in [0.3, 0.4) is 0 Å². The Morgan fingerprint density at radius 2 is 1.79 bits per heavy atom. The number of carbonyl (C=O) groups excluding carboxylic acids is 3. The highest BCUT2D eigenvalue weighted by atomic mass is 35.5. The van der Waals surface area contributed by atoms with Gasteiger partial charge in [-0.1, -0.05) is 47.5 Å². The van der Waals surface area contributed by atoms with Crippen molar-refractivity contribution in [3.05, 3.63) is 98.8 Å². The van der Waals surface area contributed by atoms with Gasteiger partial charge >= 0.3 is 0 Å². The Hall–Kier alpha value is -3.46. The monoisotopic (exact) mass is 608 g/mol. The molecule has 218 valence electrons. The number of primary amides is 1. The van der Waals surface area contributed by atoms with Gasteiger partial charge in [-0.15, -0.1) is 0 Å². The zero-order valence-electron chi connectivity index (χ0n) is 23.0. The Labute approximate surface area is 253 Å². The number of nitrogens with two attached hydrogens (primary N) is 1. The number of aryl methyl sites for hydroxylation is 1. The minimum Gasteiger partial charge on any atom is -0.368 e. The maximum atomic E-state index is 15.1. The van der Waals surface area contributed by atoms with Gasteiger partial charge in [0.05, 0.1) is 6.04 Å². The molecule has 0 bridgehead atoms. The van der Waals surface area contributed by atoms with Gasteiger partial charge in [-0.05, 0) is 97.4 Å². The smallest absolute Gasteiger partial charge is 0.240 e. The quantitative estimate of drug-likeness (QED) is 0.368. The molecule has 3 heterocycles. The Balaban J connectivity index is 1.70. The molecule has 3 amide bonds. The Kier molecular flexibility index (Phi) is 7.50. The summed E-state index contributed by atoms with van der Waals surface area (Å²) in [7, 11) is 0. The number of hydrogen-bond donors (Lipinski definition) is 3. The average molecular weight is 610 g/mol. The van der Waals surface area contributed by atoms with Crippen molar-refractivity contribution in [3.8, 4) is 0 Å². The third kappa shape index (κ3) is 4.57.